The average molecular weight is 478 g/mol. The van der Waals surface area contributed by atoms with Crippen molar-refractivity contribution in [2.75, 3.05) is 5.32 Å². The van der Waals surface area contributed by atoms with E-state index in [2.05, 4.69) is 32.5 Å². The van der Waals surface area contributed by atoms with Crippen LogP contribution in [0, 0.1) is 18.8 Å². The van der Waals surface area contributed by atoms with Crippen LogP contribution in [-0.4, -0.2) is 47.1 Å². The second-order valence-corrected chi connectivity index (χ2v) is 9.71. The summed E-state index contributed by atoms with van der Waals surface area (Å²) < 4.78 is 7.87. The van der Waals surface area contributed by atoms with E-state index in [1.54, 1.807) is 10.9 Å². The molecule has 2 unspecified atom stereocenters. The van der Waals surface area contributed by atoms with Gasteiger partial charge in [-0.15, -0.1) is 5.10 Å². The molecule has 0 saturated heterocycles. The van der Waals surface area contributed by atoms with Gasteiger partial charge in [0.05, 0.1) is 35.6 Å². The van der Waals surface area contributed by atoms with Gasteiger partial charge in [-0.05, 0) is 63.1 Å². The maximum Gasteiger partial charge on any atom is 0.306 e. The second kappa shape index (κ2) is 9.59. The highest BCUT2D eigenvalue weighted by Gasteiger charge is 2.35. The number of carboxylic acid groups (broad SMARTS) is 1. The first-order valence-corrected chi connectivity index (χ1v) is 12.2. The van der Waals surface area contributed by atoms with Crippen LogP contribution in [0.3, 0.4) is 0 Å². The van der Waals surface area contributed by atoms with Crippen molar-refractivity contribution in [1.82, 2.24) is 29.9 Å². The fourth-order valence-electron chi connectivity index (χ4n) is 4.80. The zero-order valence-electron chi connectivity index (χ0n) is 20.3. The summed E-state index contributed by atoms with van der Waals surface area (Å²) in [4.78, 5) is 25.1. The van der Waals surface area contributed by atoms with Crippen LogP contribution < -0.4 is 10.1 Å². The summed E-state index contributed by atoms with van der Waals surface area (Å²) in [5.41, 5.74) is 4.08. The fourth-order valence-corrected chi connectivity index (χ4v) is 4.80. The number of hydrogen-bond acceptors (Lipinski definition) is 8. The minimum atomic E-state index is -0.744. The number of ether oxygens (including phenoxy) is 1. The van der Waals surface area contributed by atoms with E-state index in [0.717, 1.165) is 29.9 Å². The monoisotopic (exact) mass is 477 g/mol. The number of nitrogens with zero attached hydrogens (tertiary/aromatic N) is 6. The molecule has 0 spiro atoms. The van der Waals surface area contributed by atoms with Gasteiger partial charge in [-0.25, -0.2) is 19.6 Å². The molecule has 10 heteroatoms. The van der Waals surface area contributed by atoms with E-state index in [1.807, 2.05) is 32.2 Å². The Labute approximate surface area is 204 Å². The molecule has 0 aromatic carbocycles. The number of anilines is 1. The fraction of sp³-hybridized carbons (Fsp3) is 0.520. The molecule has 3 aromatic rings. The van der Waals surface area contributed by atoms with Gasteiger partial charge in [0.15, 0.2) is 0 Å². The SMILES string of the molecule is Cc1nc(-c2nnn(C)c2CNc2nccc(C3CC3C)n2)ccc1O[C@H]1CCC[C@H](C(=O)O)C1. The van der Waals surface area contributed by atoms with Crippen molar-refractivity contribution in [2.45, 2.75) is 64.5 Å². The van der Waals surface area contributed by atoms with E-state index in [4.69, 9.17) is 9.72 Å². The van der Waals surface area contributed by atoms with Gasteiger partial charge in [-0.1, -0.05) is 12.1 Å². The Balaban J connectivity index is 1.28. The van der Waals surface area contributed by atoms with E-state index in [1.165, 1.54) is 6.42 Å². The topological polar surface area (TPSA) is 128 Å². The molecule has 0 bridgehead atoms. The smallest absolute Gasteiger partial charge is 0.306 e. The molecular formula is C25H31N7O3. The molecule has 0 amide bonds. The second-order valence-electron chi connectivity index (χ2n) is 9.71. The van der Waals surface area contributed by atoms with Gasteiger partial charge >= 0.3 is 5.97 Å². The molecule has 5 rings (SSSR count). The van der Waals surface area contributed by atoms with Gasteiger partial charge in [0.2, 0.25) is 5.95 Å². The van der Waals surface area contributed by atoms with E-state index in [9.17, 15) is 9.90 Å². The van der Waals surface area contributed by atoms with Crippen molar-refractivity contribution in [3.05, 3.63) is 41.5 Å². The minimum absolute atomic E-state index is 0.109. The predicted octanol–water partition coefficient (Wildman–Crippen LogP) is 3.73. The summed E-state index contributed by atoms with van der Waals surface area (Å²) in [6.45, 7) is 4.59. The molecule has 2 aliphatic rings. The lowest BCUT2D eigenvalue weighted by Gasteiger charge is -2.27. The lowest BCUT2D eigenvalue weighted by Crippen LogP contribution is -2.29. The predicted molar refractivity (Wildman–Crippen MR) is 129 cm³/mol. The van der Waals surface area contributed by atoms with Crippen LogP contribution >= 0.6 is 0 Å². The summed E-state index contributed by atoms with van der Waals surface area (Å²) >= 11 is 0. The maximum absolute atomic E-state index is 11.4. The Morgan fingerprint density at radius 3 is 2.80 bits per heavy atom. The Morgan fingerprint density at radius 2 is 2.06 bits per heavy atom. The van der Waals surface area contributed by atoms with Gasteiger partial charge in [-0.3, -0.25) is 4.79 Å². The quantitative estimate of drug-likeness (QED) is 0.498. The first-order valence-electron chi connectivity index (χ1n) is 12.2. The number of pyridine rings is 1. The Bertz CT molecular complexity index is 1230. The van der Waals surface area contributed by atoms with Crippen LogP contribution in [0.5, 0.6) is 5.75 Å². The number of carboxylic acids is 1. The van der Waals surface area contributed by atoms with E-state index < -0.39 is 5.97 Å². The van der Waals surface area contributed by atoms with Gasteiger partial charge in [0, 0.05) is 24.9 Å². The third-order valence-electron chi connectivity index (χ3n) is 7.07. The molecule has 35 heavy (non-hydrogen) atoms. The van der Waals surface area contributed by atoms with Crippen LogP contribution in [0.15, 0.2) is 24.4 Å². The summed E-state index contributed by atoms with van der Waals surface area (Å²) in [5.74, 6) is 1.40. The summed E-state index contributed by atoms with van der Waals surface area (Å²) in [6.07, 6.45) is 5.82. The van der Waals surface area contributed by atoms with Crippen molar-refractivity contribution >= 4 is 11.9 Å². The number of nitrogens with one attached hydrogen (secondary N) is 1. The molecule has 2 aliphatic carbocycles. The van der Waals surface area contributed by atoms with Crippen LogP contribution in [0.4, 0.5) is 5.95 Å². The van der Waals surface area contributed by atoms with Crippen molar-refractivity contribution in [1.29, 1.82) is 0 Å². The number of aryl methyl sites for hydroxylation is 2. The highest BCUT2D eigenvalue weighted by molar-refractivity contribution is 5.70. The highest BCUT2D eigenvalue weighted by atomic mass is 16.5. The summed E-state index contributed by atoms with van der Waals surface area (Å²) in [6, 6.07) is 5.75. The van der Waals surface area contributed by atoms with E-state index in [0.29, 0.717) is 54.3 Å². The summed E-state index contributed by atoms with van der Waals surface area (Å²) in [7, 11) is 1.85. The third-order valence-corrected chi connectivity index (χ3v) is 7.07. The Morgan fingerprint density at radius 1 is 1.23 bits per heavy atom. The normalized spacial score (nSPS) is 23.6. The van der Waals surface area contributed by atoms with Gasteiger partial charge in [0.1, 0.15) is 11.4 Å². The van der Waals surface area contributed by atoms with Crippen molar-refractivity contribution in [3.63, 3.8) is 0 Å². The number of aromatic nitrogens is 6. The number of rotatable bonds is 8. The van der Waals surface area contributed by atoms with Crippen LogP contribution in [0.1, 0.15) is 62.0 Å². The molecule has 3 heterocycles. The molecule has 3 aromatic heterocycles. The van der Waals surface area contributed by atoms with E-state index in [-0.39, 0.29) is 12.0 Å². The number of aliphatic carboxylic acids is 1. The lowest BCUT2D eigenvalue weighted by atomic mass is 9.87. The minimum Gasteiger partial charge on any atom is -0.489 e. The average Bonchev–Trinajstić information content (AvgIpc) is 3.47. The molecule has 184 valence electrons. The molecule has 0 radical (unpaired) electrons. The summed E-state index contributed by atoms with van der Waals surface area (Å²) in [5, 5.41) is 21.2. The molecule has 0 aliphatic heterocycles. The standard InChI is InChI=1S/C25H31N7O3/c1-14-11-18(14)19-9-10-26-25(29-19)27-13-21-23(30-31-32(21)3)20-7-8-22(15(2)28-20)35-17-6-4-5-16(12-17)24(33)34/h7-10,14,16-18H,4-6,11-13H2,1-3H3,(H,33,34)(H,26,27,29)/t14?,16-,17-,18?/m0/s1. The number of carbonyl (C=O) groups is 1. The Hall–Kier alpha value is -3.56. The first-order chi connectivity index (χ1) is 16.9. The van der Waals surface area contributed by atoms with Crippen molar-refractivity contribution in [3.8, 4) is 17.1 Å². The molecule has 10 nitrogen and oxygen atoms in total. The third kappa shape index (κ3) is 5.11. The van der Waals surface area contributed by atoms with Crippen molar-refractivity contribution in [2.24, 2.45) is 18.9 Å². The first kappa shape index (κ1) is 23.2. The van der Waals surface area contributed by atoms with E-state index >= 15 is 0 Å². The number of hydrogen-bond donors (Lipinski definition) is 2. The molecule has 2 saturated carbocycles. The lowest BCUT2D eigenvalue weighted by molar-refractivity contribution is -0.143. The Kier molecular flexibility index (Phi) is 6.36. The molecule has 2 fully saturated rings. The van der Waals surface area contributed by atoms with Crippen LogP contribution in [0.2, 0.25) is 0 Å². The van der Waals surface area contributed by atoms with Crippen molar-refractivity contribution < 1.29 is 14.6 Å². The largest absolute Gasteiger partial charge is 0.489 e. The van der Waals surface area contributed by atoms with Gasteiger partial charge in [0.25, 0.3) is 0 Å². The van der Waals surface area contributed by atoms with Gasteiger partial charge < -0.3 is 15.2 Å². The molecular weight excluding hydrogens is 446 g/mol. The molecule has 4 atom stereocenters. The van der Waals surface area contributed by atoms with Gasteiger partial charge in [-0.2, -0.15) is 0 Å². The highest BCUT2D eigenvalue weighted by Crippen LogP contribution is 2.46. The van der Waals surface area contributed by atoms with Crippen LogP contribution in [0.25, 0.3) is 11.4 Å². The zero-order chi connectivity index (χ0) is 24.5. The van der Waals surface area contributed by atoms with Crippen LogP contribution in [-0.2, 0) is 18.4 Å². The maximum atomic E-state index is 11.4. The molecule has 2 N–H and O–H groups in total. The zero-order valence-corrected chi connectivity index (χ0v) is 20.3.